The van der Waals surface area contributed by atoms with Crippen molar-refractivity contribution in [1.82, 2.24) is 5.32 Å². The first-order chi connectivity index (χ1) is 8.04. The molecule has 1 N–H and O–H groups in total. The molecule has 2 nitrogen and oxygen atoms in total. The van der Waals surface area contributed by atoms with E-state index in [0.29, 0.717) is 12.1 Å². The molecule has 1 rings (SSSR count). The third-order valence-electron chi connectivity index (χ3n) is 2.87. The molecule has 0 aliphatic carbocycles. The second kappa shape index (κ2) is 6.65. The first-order valence-corrected chi connectivity index (χ1v) is 6.56. The van der Waals surface area contributed by atoms with Gasteiger partial charge in [0.15, 0.2) is 0 Å². The van der Waals surface area contributed by atoms with Crippen LogP contribution < -0.4 is 10.1 Å². The Hall–Kier alpha value is -1.02. The Labute approximate surface area is 105 Å². The lowest BCUT2D eigenvalue weighted by Gasteiger charge is -2.22. The smallest absolute Gasteiger partial charge is 0.124 e. The zero-order valence-electron chi connectivity index (χ0n) is 11.7. The number of hydrogen-bond donors (Lipinski definition) is 1. The summed E-state index contributed by atoms with van der Waals surface area (Å²) >= 11 is 0. The number of rotatable bonds is 6. The molecule has 0 fully saturated rings. The topological polar surface area (TPSA) is 21.3 Å². The predicted molar refractivity (Wildman–Crippen MR) is 73.5 cm³/mol. The van der Waals surface area contributed by atoms with Gasteiger partial charge in [0, 0.05) is 17.6 Å². The van der Waals surface area contributed by atoms with E-state index in [1.807, 2.05) is 6.07 Å². The average Bonchev–Trinajstić information content (AvgIpc) is 2.28. The van der Waals surface area contributed by atoms with Gasteiger partial charge in [-0.2, -0.15) is 0 Å². The molecule has 0 aliphatic rings. The lowest BCUT2D eigenvalue weighted by molar-refractivity contribution is 0.213. The summed E-state index contributed by atoms with van der Waals surface area (Å²) in [6.07, 6.45) is 1.29. The van der Waals surface area contributed by atoms with Crippen LogP contribution in [0.25, 0.3) is 0 Å². The largest absolute Gasteiger partial charge is 0.490 e. The average molecular weight is 235 g/mol. The highest BCUT2D eigenvalue weighted by Crippen LogP contribution is 2.26. The van der Waals surface area contributed by atoms with Crippen molar-refractivity contribution in [3.8, 4) is 5.75 Å². The molecule has 0 bridgehead atoms. The third kappa shape index (κ3) is 4.39. The van der Waals surface area contributed by atoms with Gasteiger partial charge in [-0.3, -0.25) is 0 Å². The van der Waals surface area contributed by atoms with Crippen molar-refractivity contribution in [3.63, 3.8) is 0 Å². The Kier molecular flexibility index (Phi) is 5.49. The van der Waals surface area contributed by atoms with Crippen LogP contribution in [0.15, 0.2) is 24.3 Å². The fourth-order valence-corrected chi connectivity index (χ4v) is 1.84. The van der Waals surface area contributed by atoms with Crippen LogP contribution in [0, 0.1) is 0 Å². The van der Waals surface area contributed by atoms with Gasteiger partial charge in [0.2, 0.25) is 0 Å². The highest BCUT2D eigenvalue weighted by Gasteiger charge is 2.13. The summed E-state index contributed by atoms with van der Waals surface area (Å²) in [7, 11) is 0. The Balaban J connectivity index is 2.83. The van der Waals surface area contributed by atoms with E-state index in [2.05, 4.69) is 58.1 Å². The predicted octanol–water partition coefficient (Wildman–Crippen LogP) is 3.92. The van der Waals surface area contributed by atoms with Crippen LogP contribution >= 0.6 is 0 Å². The molecule has 0 saturated heterocycles. The molecule has 1 aromatic rings. The lowest BCUT2D eigenvalue weighted by Crippen LogP contribution is -2.26. The van der Waals surface area contributed by atoms with Crippen molar-refractivity contribution in [2.45, 2.75) is 59.2 Å². The molecule has 0 amide bonds. The first-order valence-electron chi connectivity index (χ1n) is 6.56. The zero-order valence-corrected chi connectivity index (χ0v) is 11.7. The molecule has 0 spiro atoms. The highest BCUT2D eigenvalue weighted by atomic mass is 16.5. The van der Waals surface area contributed by atoms with E-state index in [0.717, 1.165) is 12.2 Å². The SMILES string of the molecule is CC[C@@H](C)Oc1ccccc1[C@H](C)NC(C)C. The van der Waals surface area contributed by atoms with Crippen LogP contribution in [0.3, 0.4) is 0 Å². The van der Waals surface area contributed by atoms with Crippen LogP contribution in [0.1, 0.15) is 52.6 Å². The van der Waals surface area contributed by atoms with E-state index in [1.54, 1.807) is 0 Å². The van der Waals surface area contributed by atoms with E-state index in [1.165, 1.54) is 5.56 Å². The van der Waals surface area contributed by atoms with E-state index in [9.17, 15) is 0 Å². The van der Waals surface area contributed by atoms with Gasteiger partial charge in [0.05, 0.1) is 6.10 Å². The quantitative estimate of drug-likeness (QED) is 0.807. The second-order valence-corrected chi connectivity index (χ2v) is 4.92. The van der Waals surface area contributed by atoms with Gasteiger partial charge >= 0.3 is 0 Å². The minimum atomic E-state index is 0.266. The maximum absolute atomic E-state index is 5.96. The van der Waals surface area contributed by atoms with Crippen molar-refractivity contribution in [3.05, 3.63) is 29.8 Å². The molecule has 0 heterocycles. The third-order valence-corrected chi connectivity index (χ3v) is 2.87. The number of nitrogens with one attached hydrogen (secondary N) is 1. The highest BCUT2D eigenvalue weighted by molar-refractivity contribution is 5.35. The Bertz CT molecular complexity index is 335. The number of hydrogen-bond acceptors (Lipinski definition) is 2. The Morgan fingerprint density at radius 2 is 1.76 bits per heavy atom. The van der Waals surface area contributed by atoms with E-state index in [4.69, 9.17) is 4.74 Å². The molecule has 96 valence electrons. The number of ether oxygens (including phenoxy) is 1. The molecule has 0 saturated carbocycles. The van der Waals surface area contributed by atoms with Gasteiger partial charge in [-0.05, 0) is 26.3 Å². The van der Waals surface area contributed by atoms with Gasteiger partial charge in [0.1, 0.15) is 5.75 Å². The van der Waals surface area contributed by atoms with Crippen LogP contribution in [0.5, 0.6) is 5.75 Å². The molecule has 0 radical (unpaired) electrons. The van der Waals surface area contributed by atoms with E-state index >= 15 is 0 Å². The van der Waals surface area contributed by atoms with Crippen molar-refractivity contribution >= 4 is 0 Å². The number of para-hydroxylation sites is 1. The fourth-order valence-electron chi connectivity index (χ4n) is 1.84. The minimum absolute atomic E-state index is 0.266. The van der Waals surface area contributed by atoms with Gasteiger partial charge < -0.3 is 10.1 Å². The maximum Gasteiger partial charge on any atom is 0.124 e. The first kappa shape index (κ1) is 14.0. The molecule has 0 unspecified atom stereocenters. The lowest BCUT2D eigenvalue weighted by atomic mass is 10.1. The summed E-state index contributed by atoms with van der Waals surface area (Å²) in [6, 6.07) is 9.08. The summed E-state index contributed by atoms with van der Waals surface area (Å²) < 4.78 is 5.96. The summed E-state index contributed by atoms with van der Waals surface area (Å²) in [5.74, 6) is 1.00. The fraction of sp³-hybridized carbons (Fsp3) is 0.600. The van der Waals surface area contributed by atoms with Gasteiger partial charge in [-0.1, -0.05) is 39.0 Å². The van der Waals surface area contributed by atoms with Crippen molar-refractivity contribution in [2.75, 3.05) is 0 Å². The Morgan fingerprint density at radius 3 is 2.35 bits per heavy atom. The minimum Gasteiger partial charge on any atom is -0.490 e. The molecule has 2 heteroatoms. The van der Waals surface area contributed by atoms with Crippen molar-refractivity contribution in [2.24, 2.45) is 0 Å². The molecule has 0 aromatic heterocycles. The van der Waals surface area contributed by atoms with Gasteiger partial charge in [-0.15, -0.1) is 0 Å². The van der Waals surface area contributed by atoms with Gasteiger partial charge in [-0.25, -0.2) is 0 Å². The number of benzene rings is 1. The summed E-state index contributed by atoms with van der Waals surface area (Å²) in [5, 5.41) is 3.51. The van der Waals surface area contributed by atoms with Crippen LogP contribution in [-0.4, -0.2) is 12.1 Å². The van der Waals surface area contributed by atoms with E-state index < -0.39 is 0 Å². The van der Waals surface area contributed by atoms with Crippen LogP contribution in [0.4, 0.5) is 0 Å². The van der Waals surface area contributed by atoms with Crippen LogP contribution in [0.2, 0.25) is 0 Å². The molecule has 0 aliphatic heterocycles. The summed E-state index contributed by atoms with van der Waals surface area (Å²) in [4.78, 5) is 0. The molecular weight excluding hydrogens is 210 g/mol. The van der Waals surface area contributed by atoms with Crippen LogP contribution in [-0.2, 0) is 0 Å². The van der Waals surface area contributed by atoms with Crippen molar-refractivity contribution in [1.29, 1.82) is 0 Å². The molecule has 17 heavy (non-hydrogen) atoms. The normalized spacial score (nSPS) is 14.7. The Morgan fingerprint density at radius 1 is 1.12 bits per heavy atom. The molecular formula is C15H25NO. The van der Waals surface area contributed by atoms with E-state index in [-0.39, 0.29) is 6.10 Å². The maximum atomic E-state index is 5.96. The summed E-state index contributed by atoms with van der Waals surface area (Å²) in [6.45, 7) is 10.8. The van der Waals surface area contributed by atoms with Crippen molar-refractivity contribution < 1.29 is 4.74 Å². The molecule has 2 atom stereocenters. The second-order valence-electron chi connectivity index (χ2n) is 4.92. The standard InChI is InChI=1S/C15H25NO/c1-6-12(4)17-15-10-8-7-9-14(15)13(5)16-11(2)3/h7-13,16H,6H2,1-5H3/t12-,13+/m1/s1. The molecule has 1 aromatic carbocycles. The summed E-state index contributed by atoms with van der Waals surface area (Å²) in [5.41, 5.74) is 1.24. The van der Waals surface area contributed by atoms with Gasteiger partial charge in [0.25, 0.3) is 0 Å². The zero-order chi connectivity index (χ0) is 12.8. The monoisotopic (exact) mass is 235 g/mol.